The van der Waals surface area contributed by atoms with E-state index in [-0.39, 0.29) is 24.7 Å². The summed E-state index contributed by atoms with van der Waals surface area (Å²) >= 11 is 0. The minimum absolute atomic E-state index is 0.172. The number of amides is 2. The molecule has 33 heavy (non-hydrogen) atoms. The lowest BCUT2D eigenvalue weighted by atomic mass is 9.89. The van der Waals surface area contributed by atoms with E-state index in [1.807, 2.05) is 16.4 Å². The van der Waals surface area contributed by atoms with Crippen LogP contribution in [0.1, 0.15) is 43.0 Å². The molecule has 0 aliphatic carbocycles. The molecule has 0 saturated carbocycles. The molecule has 1 atom stereocenters. The number of nitrogens with one attached hydrogen (secondary N) is 1. The van der Waals surface area contributed by atoms with Crippen molar-refractivity contribution in [2.75, 3.05) is 24.5 Å². The number of likely N-dealkylation sites (tertiary alicyclic amines) is 1. The zero-order chi connectivity index (χ0) is 23.8. The highest BCUT2D eigenvalue weighted by atomic mass is 19.4. The maximum Gasteiger partial charge on any atom is 0.425 e. The number of imidazole rings is 1. The number of nitrogens with zero attached hydrogens (tertiary/aromatic N) is 5. The van der Waals surface area contributed by atoms with Crippen LogP contribution in [0, 0.1) is 0 Å². The average molecular weight is 470 g/mol. The molecule has 1 fully saturated rings. The second-order valence-electron chi connectivity index (χ2n) is 8.54. The van der Waals surface area contributed by atoms with Gasteiger partial charge in [0.1, 0.15) is 17.8 Å². The Bertz CT molecular complexity index is 998. The first kappa shape index (κ1) is 22.9. The smallest absolute Gasteiger partial charge is 0.425 e. The van der Waals surface area contributed by atoms with Gasteiger partial charge in [-0.05, 0) is 26.7 Å². The molecule has 0 spiro atoms. The van der Waals surface area contributed by atoms with Crippen molar-refractivity contribution in [2.45, 2.75) is 57.6 Å². The molecule has 2 amide bonds. The molecule has 2 aliphatic heterocycles. The van der Waals surface area contributed by atoms with Crippen LogP contribution >= 0.6 is 0 Å². The largest absolute Gasteiger partial charge is 0.437 e. The zero-order valence-electron chi connectivity index (χ0n) is 18.3. The molecular formula is C20H25F3N6O4. The maximum atomic E-state index is 12.9. The van der Waals surface area contributed by atoms with Crippen LogP contribution in [0.5, 0.6) is 0 Å². The molecule has 2 aromatic heterocycles. The van der Waals surface area contributed by atoms with Gasteiger partial charge in [-0.1, -0.05) is 0 Å². The van der Waals surface area contributed by atoms with Crippen LogP contribution in [-0.4, -0.2) is 68.9 Å². The van der Waals surface area contributed by atoms with Gasteiger partial charge in [0.25, 0.3) is 11.9 Å². The number of carbonyl (C=O) groups excluding carboxylic acids is 2. The average Bonchev–Trinajstić information content (AvgIpc) is 3.42. The summed E-state index contributed by atoms with van der Waals surface area (Å²) in [4.78, 5) is 36.6. The van der Waals surface area contributed by atoms with Gasteiger partial charge in [-0.2, -0.15) is 13.2 Å². The number of fused-ring (bicyclic) bond motifs is 1. The van der Waals surface area contributed by atoms with E-state index in [1.165, 1.54) is 11.2 Å². The third kappa shape index (κ3) is 5.06. The maximum absolute atomic E-state index is 12.9. The minimum Gasteiger partial charge on any atom is -0.437 e. The molecule has 1 saturated heterocycles. The second-order valence-corrected chi connectivity index (χ2v) is 8.54. The molecule has 1 N–H and O–H groups in total. The first-order chi connectivity index (χ1) is 15.5. The van der Waals surface area contributed by atoms with Gasteiger partial charge in [-0.15, -0.1) is 0 Å². The SMILES string of the molecule is CC(OC(=O)N1CCC(C)(NC(=O)c2cn3c(n2)CN(c2ncco2)CC3)CC1)C(F)(F)F. The lowest BCUT2D eigenvalue weighted by molar-refractivity contribution is -0.200. The molecule has 2 aromatic rings. The molecule has 1 unspecified atom stereocenters. The number of anilines is 1. The lowest BCUT2D eigenvalue weighted by Crippen LogP contribution is -2.54. The predicted octanol–water partition coefficient (Wildman–Crippen LogP) is 2.56. The van der Waals surface area contributed by atoms with Crippen LogP contribution in [0.2, 0.25) is 0 Å². The fourth-order valence-corrected chi connectivity index (χ4v) is 3.84. The number of hydrogen-bond acceptors (Lipinski definition) is 7. The van der Waals surface area contributed by atoms with Gasteiger partial charge in [0, 0.05) is 37.9 Å². The Hall–Kier alpha value is -3.25. The Morgan fingerprint density at radius 2 is 1.97 bits per heavy atom. The van der Waals surface area contributed by atoms with Crippen molar-refractivity contribution in [3.63, 3.8) is 0 Å². The third-order valence-corrected chi connectivity index (χ3v) is 6.00. The van der Waals surface area contributed by atoms with Crippen molar-refractivity contribution in [3.05, 3.63) is 30.2 Å². The lowest BCUT2D eigenvalue weighted by Gasteiger charge is -2.39. The van der Waals surface area contributed by atoms with Gasteiger partial charge in [0.2, 0.25) is 0 Å². The number of carbonyl (C=O) groups is 2. The van der Waals surface area contributed by atoms with E-state index in [9.17, 15) is 22.8 Å². The van der Waals surface area contributed by atoms with Crippen molar-refractivity contribution < 1.29 is 31.9 Å². The predicted molar refractivity (Wildman–Crippen MR) is 108 cm³/mol. The number of alkyl halides is 3. The van der Waals surface area contributed by atoms with Gasteiger partial charge < -0.3 is 28.8 Å². The van der Waals surface area contributed by atoms with Crippen molar-refractivity contribution in [3.8, 4) is 0 Å². The van der Waals surface area contributed by atoms with Gasteiger partial charge in [0.05, 0.1) is 12.7 Å². The summed E-state index contributed by atoms with van der Waals surface area (Å²) in [6.07, 6.45) is -2.28. The number of oxazole rings is 1. The monoisotopic (exact) mass is 470 g/mol. The highest BCUT2D eigenvalue weighted by molar-refractivity contribution is 5.92. The summed E-state index contributed by atoms with van der Waals surface area (Å²) in [5.74, 6) is 0.370. The van der Waals surface area contributed by atoms with Gasteiger partial charge >= 0.3 is 12.3 Å². The number of ether oxygens (including phenoxy) is 1. The number of hydrogen-bond donors (Lipinski definition) is 1. The number of piperidine rings is 1. The Morgan fingerprint density at radius 1 is 1.24 bits per heavy atom. The summed E-state index contributed by atoms with van der Waals surface area (Å²) in [6, 6.07) is 0.498. The van der Waals surface area contributed by atoms with Crippen LogP contribution in [0.4, 0.5) is 24.0 Å². The second kappa shape index (κ2) is 8.60. The summed E-state index contributed by atoms with van der Waals surface area (Å²) in [7, 11) is 0. The fraction of sp³-hybridized carbons (Fsp3) is 0.600. The van der Waals surface area contributed by atoms with Crippen LogP contribution < -0.4 is 10.2 Å². The number of rotatable bonds is 4. The van der Waals surface area contributed by atoms with Crippen molar-refractivity contribution in [1.82, 2.24) is 24.8 Å². The molecule has 0 aromatic carbocycles. The topological polar surface area (TPSA) is 106 Å². The molecular weight excluding hydrogens is 445 g/mol. The Kier molecular flexibility index (Phi) is 5.97. The van der Waals surface area contributed by atoms with E-state index in [0.29, 0.717) is 44.3 Å². The van der Waals surface area contributed by atoms with Crippen molar-refractivity contribution >= 4 is 18.0 Å². The molecule has 4 heterocycles. The quantitative estimate of drug-likeness (QED) is 0.732. The van der Waals surface area contributed by atoms with Gasteiger partial charge in [-0.3, -0.25) is 4.79 Å². The van der Waals surface area contributed by atoms with E-state index in [1.54, 1.807) is 12.4 Å². The fourth-order valence-electron chi connectivity index (χ4n) is 3.84. The molecule has 4 rings (SSSR count). The first-order valence-corrected chi connectivity index (χ1v) is 10.6. The van der Waals surface area contributed by atoms with E-state index < -0.39 is 23.9 Å². The normalized spacial score (nSPS) is 19.1. The Labute approximate surface area is 187 Å². The van der Waals surface area contributed by atoms with Crippen LogP contribution in [0.3, 0.4) is 0 Å². The van der Waals surface area contributed by atoms with E-state index in [0.717, 1.165) is 6.92 Å². The highest BCUT2D eigenvalue weighted by Crippen LogP contribution is 2.26. The molecule has 180 valence electrons. The Balaban J connectivity index is 1.32. The van der Waals surface area contributed by atoms with Crippen LogP contribution in [0.25, 0.3) is 0 Å². The molecule has 0 bridgehead atoms. The van der Waals surface area contributed by atoms with Crippen molar-refractivity contribution in [1.29, 1.82) is 0 Å². The number of aromatic nitrogens is 3. The molecule has 13 heteroatoms. The van der Waals surface area contributed by atoms with Crippen LogP contribution in [0.15, 0.2) is 23.1 Å². The first-order valence-electron chi connectivity index (χ1n) is 10.6. The van der Waals surface area contributed by atoms with Crippen molar-refractivity contribution in [2.24, 2.45) is 0 Å². The summed E-state index contributed by atoms with van der Waals surface area (Å²) in [5, 5.41) is 2.97. The van der Waals surface area contributed by atoms with E-state index >= 15 is 0 Å². The van der Waals surface area contributed by atoms with Gasteiger partial charge in [0.15, 0.2) is 6.10 Å². The van der Waals surface area contributed by atoms with E-state index in [2.05, 4.69) is 20.0 Å². The van der Waals surface area contributed by atoms with E-state index in [4.69, 9.17) is 4.42 Å². The summed E-state index contributed by atoms with van der Waals surface area (Å²) < 4.78 is 49.6. The summed E-state index contributed by atoms with van der Waals surface area (Å²) in [5.41, 5.74) is -0.348. The minimum atomic E-state index is -4.61. The summed E-state index contributed by atoms with van der Waals surface area (Å²) in [6.45, 7) is 4.73. The van der Waals surface area contributed by atoms with Crippen LogP contribution in [-0.2, 0) is 17.8 Å². The standard InChI is InChI=1S/C20H25F3N6O4/c1-13(20(21,22)23)33-18(31)27-6-3-19(2,4-7-27)26-16(30)14-11-28-8-9-29(12-15(28)25-14)17-24-5-10-32-17/h5,10-11,13H,3-4,6-9,12H2,1-2H3,(H,26,30). The molecule has 10 nitrogen and oxygen atoms in total. The zero-order valence-corrected chi connectivity index (χ0v) is 18.3. The third-order valence-electron chi connectivity index (χ3n) is 6.00. The molecule has 2 aliphatic rings. The molecule has 0 radical (unpaired) electrons. The Morgan fingerprint density at radius 3 is 2.61 bits per heavy atom. The number of halogens is 3. The highest BCUT2D eigenvalue weighted by Gasteiger charge is 2.41. The van der Waals surface area contributed by atoms with Gasteiger partial charge in [-0.25, -0.2) is 14.8 Å².